The van der Waals surface area contributed by atoms with Gasteiger partial charge < -0.3 is 14.7 Å². The Balaban J connectivity index is 1.29. The quantitative estimate of drug-likeness (QED) is 0.521. The summed E-state index contributed by atoms with van der Waals surface area (Å²) in [6.45, 7) is -2.51. The van der Waals surface area contributed by atoms with E-state index in [-0.39, 0.29) is 29.9 Å². The molecule has 2 N–H and O–H groups in total. The van der Waals surface area contributed by atoms with Crippen molar-refractivity contribution in [2.75, 3.05) is 0 Å². The summed E-state index contributed by atoms with van der Waals surface area (Å²) in [6.07, 6.45) is 1.01. The minimum absolute atomic E-state index is 0.0820. The number of amides is 1. The molecule has 2 heterocycles. The second-order valence-electron chi connectivity index (χ2n) is 7.28. The second-order valence-corrected chi connectivity index (χ2v) is 7.28. The molecular formula is C22H20FN3O2. The molecule has 1 saturated carbocycles. The Kier molecular flexibility index (Phi) is 3.22. The zero-order valence-electron chi connectivity index (χ0n) is 17.9. The van der Waals surface area contributed by atoms with E-state index in [1.807, 2.05) is 24.3 Å². The summed E-state index contributed by atoms with van der Waals surface area (Å²) < 4.78 is 42.6. The molecule has 0 bridgehead atoms. The fraction of sp³-hybridized carbons (Fsp3) is 0.273. The number of aromatic amines is 1. The van der Waals surface area contributed by atoms with Gasteiger partial charge in [-0.3, -0.25) is 4.79 Å². The van der Waals surface area contributed by atoms with Gasteiger partial charge >= 0.3 is 0 Å². The van der Waals surface area contributed by atoms with Gasteiger partial charge in [0, 0.05) is 21.8 Å². The lowest BCUT2D eigenvalue weighted by Crippen LogP contribution is -2.26. The highest BCUT2D eigenvalue weighted by atomic mass is 19.1. The number of nitrogens with one attached hydrogen (secondary N) is 2. The van der Waals surface area contributed by atoms with Gasteiger partial charge in [0.2, 0.25) is 5.91 Å². The van der Waals surface area contributed by atoms with Gasteiger partial charge in [-0.25, -0.2) is 9.37 Å². The van der Waals surface area contributed by atoms with Crippen LogP contribution in [0.15, 0.2) is 52.9 Å². The monoisotopic (exact) mass is 380 g/mol. The summed E-state index contributed by atoms with van der Waals surface area (Å²) in [5, 5.41) is 3.05. The number of rotatable bonds is 5. The van der Waals surface area contributed by atoms with Crippen LogP contribution in [0.1, 0.15) is 47.4 Å². The van der Waals surface area contributed by atoms with Gasteiger partial charge in [0.15, 0.2) is 0 Å². The van der Waals surface area contributed by atoms with E-state index in [1.54, 1.807) is 0 Å². The highest BCUT2D eigenvalue weighted by molar-refractivity contribution is 5.80. The zero-order valence-corrected chi connectivity index (χ0v) is 14.9. The fourth-order valence-corrected chi connectivity index (χ4v) is 3.66. The van der Waals surface area contributed by atoms with Crippen LogP contribution in [0.3, 0.4) is 0 Å². The SMILES string of the molecule is [2H]C([2H])([2H])[C@H](NC(=O)C[C@@H]1C[C@@H]1c1nc2ccccc2[nH]1)c1cc2cc(F)ccc2o1. The van der Waals surface area contributed by atoms with Crippen LogP contribution >= 0.6 is 0 Å². The maximum absolute atomic E-state index is 13.5. The lowest BCUT2D eigenvalue weighted by molar-refractivity contribution is -0.122. The van der Waals surface area contributed by atoms with Crippen molar-refractivity contribution in [3.8, 4) is 0 Å². The molecule has 2 aromatic carbocycles. The molecule has 1 fully saturated rings. The number of H-pyrrole nitrogens is 1. The first-order valence-electron chi connectivity index (χ1n) is 10.7. The maximum atomic E-state index is 13.5. The molecule has 2 aromatic heterocycles. The number of hydrogen-bond acceptors (Lipinski definition) is 3. The number of furan rings is 1. The molecule has 142 valence electrons. The molecule has 0 radical (unpaired) electrons. The lowest BCUT2D eigenvalue weighted by Gasteiger charge is -2.11. The smallest absolute Gasteiger partial charge is 0.220 e. The molecule has 1 aliphatic carbocycles. The molecule has 0 saturated heterocycles. The van der Waals surface area contributed by atoms with E-state index in [9.17, 15) is 9.18 Å². The van der Waals surface area contributed by atoms with Crippen molar-refractivity contribution in [2.24, 2.45) is 5.92 Å². The highest BCUT2D eigenvalue weighted by Crippen LogP contribution is 2.48. The first kappa shape index (κ1) is 13.9. The predicted molar refractivity (Wildman–Crippen MR) is 104 cm³/mol. The summed E-state index contributed by atoms with van der Waals surface area (Å²) in [5.41, 5.74) is 2.21. The number of para-hydroxylation sites is 2. The van der Waals surface area contributed by atoms with Gasteiger partial charge in [0.25, 0.3) is 0 Å². The second kappa shape index (κ2) is 6.48. The van der Waals surface area contributed by atoms with E-state index >= 15 is 0 Å². The molecule has 6 heteroatoms. The average molecular weight is 380 g/mol. The van der Waals surface area contributed by atoms with Crippen molar-refractivity contribution in [3.05, 3.63) is 65.9 Å². The summed E-state index contributed by atoms with van der Waals surface area (Å²) in [4.78, 5) is 20.5. The number of imidazole rings is 1. The zero-order chi connectivity index (χ0) is 21.8. The number of hydrogen-bond donors (Lipinski definition) is 2. The van der Waals surface area contributed by atoms with E-state index in [2.05, 4.69) is 15.3 Å². The Labute approximate surface area is 165 Å². The molecule has 28 heavy (non-hydrogen) atoms. The molecule has 0 aliphatic heterocycles. The number of benzene rings is 2. The number of halogens is 1. The van der Waals surface area contributed by atoms with Gasteiger partial charge in [-0.1, -0.05) is 12.1 Å². The van der Waals surface area contributed by atoms with Gasteiger partial charge in [-0.05, 0) is 55.6 Å². The van der Waals surface area contributed by atoms with Gasteiger partial charge in [0.05, 0.1) is 17.1 Å². The lowest BCUT2D eigenvalue weighted by atomic mass is 10.2. The molecular weight excluding hydrogens is 357 g/mol. The summed E-state index contributed by atoms with van der Waals surface area (Å²) in [5.74, 6) is 0.376. The van der Waals surface area contributed by atoms with Crippen LogP contribution in [-0.2, 0) is 4.79 Å². The van der Waals surface area contributed by atoms with E-state index in [1.165, 1.54) is 24.3 Å². The van der Waals surface area contributed by atoms with E-state index in [0.717, 1.165) is 23.3 Å². The minimum Gasteiger partial charge on any atom is -0.459 e. The molecule has 4 aromatic rings. The molecule has 5 rings (SSSR count). The third-order valence-corrected chi connectivity index (χ3v) is 5.22. The fourth-order valence-electron chi connectivity index (χ4n) is 3.66. The Morgan fingerprint density at radius 3 is 3.14 bits per heavy atom. The third kappa shape index (κ3) is 3.15. The van der Waals surface area contributed by atoms with Crippen molar-refractivity contribution < 1.29 is 17.7 Å². The molecule has 5 nitrogen and oxygen atoms in total. The van der Waals surface area contributed by atoms with E-state index in [4.69, 9.17) is 8.53 Å². The van der Waals surface area contributed by atoms with Crippen LogP contribution in [0.25, 0.3) is 22.0 Å². The summed E-state index contributed by atoms with van der Waals surface area (Å²) >= 11 is 0. The highest BCUT2D eigenvalue weighted by Gasteiger charge is 2.41. The van der Waals surface area contributed by atoms with Gasteiger partial charge in [0.1, 0.15) is 23.0 Å². The Bertz CT molecular complexity index is 1250. The van der Waals surface area contributed by atoms with Crippen molar-refractivity contribution in [1.82, 2.24) is 15.3 Å². The number of nitrogens with zero attached hydrogens (tertiary/aromatic N) is 1. The van der Waals surface area contributed by atoms with Crippen molar-refractivity contribution in [3.63, 3.8) is 0 Å². The normalized spacial score (nSPS) is 21.8. The standard InChI is InChI=1S/C22H20FN3O2/c1-12(20-10-14-8-15(23)6-7-19(14)28-20)24-21(27)11-13-9-16(13)22-25-17-4-2-3-5-18(17)26-22/h2-8,10,12-13,16H,9,11H2,1H3,(H,24,27)(H,25,26)/t12-,13-,16-/m0/s1/i1D3. The number of fused-ring (bicyclic) bond motifs is 2. The van der Waals surface area contributed by atoms with Crippen molar-refractivity contribution in [1.29, 1.82) is 0 Å². The van der Waals surface area contributed by atoms with Crippen LogP contribution in [0.2, 0.25) is 0 Å². The molecule has 1 aliphatic rings. The minimum atomic E-state index is -2.51. The molecule has 1 amide bonds. The summed E-state index contributed by atoms with van der Waals surface area (Å²) in [6, 6.07) is 11.8. The van der Waals surface area contributed by atoms with Crippen LogP contribution in [0, 0.1) is 11.7 Å². The first-order valence-corrected chi connectivity index (χ1v) is 9.21. The topological polar surface area (TPSA) is 70.9 Å². The van der Waals surface area contributed by atoms with Gasteiger partial charge in [-0.2, -0.15) is 0 Å². The van der Waals surface area contributed by atoms with Crippen LogP contribution in [-0.4, -0.2) is 15.9 Å². The van der Waals surface area contributed by atoms with Crippen molar-refractivity contribution in [2.45, 2.75) is 31.7 Å². The summed E-state index contributed by atoms with van der Waals surface area (Å²) in [7, 11) is 0. The maximum Gasteiger partial charge on any atom is 0.220 e. The first-order chi connectivity index (χ1) is 14.8. The number of carbonyl (C=O) groups is 1. The molecule has 3 atom stereocenters. The number of carbonyl (C=O) groups excluding carboxylic acids is 1. The molecule has 0 unspecified atom stereocenters. The van der Waals surface area contributed by atoms with E-state index < -0.39 is 18.7 Å². The van der Waals surface area contributed by atoms with Crippen molar-refractivity contribution >= 4 is 27.9 Å². The van der Waals surface area contributed by atoms with Crippen LogP contribution < -0.4 is 5.32 Å². The van der Waals surface area contributed by atoms with Crippen LogP contribution in [0.4, 0.5) is 4.39 Å². The third-order valence-electron chi connectivity index (χ3n) is 5.22. The Hall–Kier alpha value is -3.15. The van der Waals surface area contributed by atoms with E-state index in [0.29, 0.717) is 11.0 Å². The van der Waals surface area contributed by atoms with Gasteiger partial charge in [-0.15, -0.1) is 0 Å². The molecule has 0 spiro atoms. The Morgan fingerprint density at radius 2 is 2.29 bits per heavy atom. The Morgan fingerprint density at radius 1 is 1.39 bits per heavy atom. The number of aromatic nitrogens is 2. The van der Waals surface area contributed by atoms with Crippen LogP contribution in [0.5, 0.6) is 0 Å². The predicted octanol–water partition coefficient (Wildman–Crippen LogP) is 4.82. The largest absolute Gasteiger partial charge is 0.459 e. The average Bonchev–Trinajstić information content (AvgIpc) is 3.15.